The van der Waals surface area contributed by atoms with E-state index in [0.29, 0.717) is 34.2 Å². The number of hydrogen-bond donors (Lipinski definition) is 2. The van der Waals surface area contributed by atoms with Gasteiger partial charge in [0.2, 0.25) is 17.8 Å². The third-order valence-electron chi connectivity index (χ3n) is 6.23. The van der Waals surface area contributed by atoms with E-state index in [1.807, 2.05) is 14.1 Å². The number of carbonyl (C=O) groups is 3. The Morgan fingerprint density at radius 1 is 1.17 bits per heavy atom. The summed E-state index contributed by atoms with van der Waals surface area (Å²) in [6.07, 6.45) is 2.65. The molecule has 12 heteroatoms. The summed E-state index contributed by atoms with van der Waals surface area (Å²) in [7, 11) is 6.88. The highest BCUT2D eigenvalue weighted by Crippen LogP contribution is 2.42. The number of fused-ring (bicyclic) bond motifs is 1. The lowest BCUT2D eigenvalue weighted by molar-refractivity contribution is -0.131. The van der Waals surface area contributed by atoms with E-state index in [9.17, 15) is 14.4 Å². The van der Waals surface area contributed by atoms with E-state index in [1.54, 1.807) is 73.2 Å². The van der Waals surface area contributed by atoms with Gasteiger partial charge in [0.25, 0.3) is 5.91 Å². The van der Waals surface area contributed by atoms with Gasteiger partial charge in [0.15, 0.2) is 17.2 Å². The van der Waals surface area contributed by atoms with E-state index >= 15 is 0 Å². The highest BCUT2D eigenvalue weighted by molar-refractivity contribution is 6.08. The van der Waals surface area contributed by atoms with Gasteiger partial charge in [-0.1, -0.05) is 12.6 Å². The molecule has 1 aromatic heterocycles. The molecule has 0 atom stereocenters. The number of nitrogens with zero attached hydrogens (tertiary/aromatic N) is 5. The summed E-state index contributed by atoms with van der Waals surface area (Å²) >= 11 is 0. The molecule has 41 heavy (non-hydrogen) atoms. The summed E-state index contributed by atoms with van der Waals surface area (Å²) in [6.45, 7) is 7.06. The molecule has 0 bridgehead atoms. The lowest BCUT2D eigenvalue weighted by Gasteiger charge is -2.37. The number of hydrogen-bond acceptors (Lipinski definition) is 9. The molecule has 3 aromatic rings. The van der Waals surface area contributed by atoms with Gasteiger partial charge in [0.1, 0.15) is 5.75 Å². The van der Waals surface area contributed by atoms with Crippen LogP contribution in [-0.4, -0.2) is 73.0 Å². The first-order chi connectivity index (χ1) is 19.4. The van der Waals surface area contributed by atoms with Gasteiger partial charge in [-0.25, -0.2) is 4.98 Å². The van der Waals surface area contributed by atoms with E-state index in [-0.39, 0.29) is 36.0 Å². The standard InChI is InChI=1S/C29H33N7O5/c1-8-24(37)31-18-10-9-11-20(14-18)36-26-23(41-29(2,3)27(36)39)16-30-28(33-26)32-21-13-12-19(15-22(21)40-7)35(6)25(38)17-34(4)5/h8-16H,1,17H2,2-7H3,(H,31,37)(H,30,32,33). The van der Waals surface area contributed by atoms with Crippen LogP contribution in [0.25, 0.3) is 0 Å². The van der Waals surface area contributed by atoms with E-state index < -0.39 is 5.60 Å². The number of amides is 3. The van der Waals surface area contributed by atoms with Crippen LogP contribution in [0.4, 0.5) is 34.5 Å². The Kier molecular flexibility index (Phi) is 8.24. The first-order valence-corrected chi connectivity index (χ1v) is 12.7. The smallest absolute Gasteiger partial charge is 0.276 e. The van der Waals surface area contributed by atoms with Crippen LogP contribution in [-0.2, 0) is 14.4 Å². The van der Waals surface area contributed by atoms with Crippen molar-refractivity contribution in [1.29, 1.82) is 0 Å². The highest BCUT2D eigenvalue weighted by atomic mass is 16.5. The molecule has 0 radical (unpaired) electrons. The minimum absolute atomic E-state index is 0.0726. The largest absolute Gasteiger partial charge is 0.494 e. The van der Waals surface area contributed by atoms with Crippen molar-refractivity contribution in [3.63, 3.8) is 0 Å². The molecule has 2 N–H and O–H groups in total. The molecule has 2 aromatic carbocycles. The summed E-state index contributed by atoms with van der Waals surface area (Å²) in [5.41, 5.74) is 0.972. The minimum atomic E-state index is -1.19. The Balaban J connectivity index is 1.68. The van der Waals surface area contributed by atoms with Crippen LogP contribution in [0, 0.1) is 0 Å². The summed E-state index contributed by atoms with van der Waals surface area (Å²) < 4.78 is 11.5. The Labute approximate surface area is 238 Å². The highest BCUT2D eigenvalue weighted by Gasteiger charge is 2.43. The Hall–Kier alpha value is -4.97. The van der Waals surface area contributed by atoms with Gasteiger partial charge in [-0.15, -0.1) is 0 Å². The van der Waals surface area contributed by atoms with Crippen LogP contribution in [0.2, 0.25) is 0 Å². The number of ether oxygens (including phenoxy) is 2. The van der Waals surface area contributed by atoms with Gasteiger partial charge in [0.05, 0.1) is 31.2 Å². The fourth-order valence-electron chi connectivity index (χ4n) is 4.13. The molecule has 0 spiro atoms. The molecule has 3 amide bonds. The maximum Gasteiger partial charge on any atom is 0.276 e. The fourth-order valence-corrected chi connectivity index (χ4v) is 4.13. The van der Waals surface area contributed by atoms with Crippen LogP contribution >= 0.6 is 0 Å². The summed E-state index contributed by atoms with van der Waals surface area (Å²) in [4.78, 5) is 51.7. The van der Waals surface area contributed by atoms with Crippen molar-refractivity contribution in [3.8, 4) is 11.5 Å². The molecular formula is C29H33N7O5. The SMILES string of the molecule is C=CC(=O)Nc1cccc(N2C(=O)C(C)(C)Oc3cnc(Nc4ccc(N(C)C(=O)CN(C)C)cc4OC)nc32)c1. The van der Waals surface area contributed by atoms with Crippen molar-refractivity contribution in [1.82, 2.24) is 14.9 Å². The molecule has 0 saturated carbocycles. The van der Waals surface area contributed by atoms with Crippen molar-refractivity contribution in [3.05, 3.63) is 61.3 Å². The first kappa shape index (κ1) is 29.0. The molecule has 0 unspecified atom stereocenters. The fraction of sp³-hybridized carbons (Fsp3) is 0.276. The molecule has 1 aliphatic heterocycles. The van der Waals surface area contributed by atoms with Gasteiger partial charge in [-0.05, 0) is 64.4 Å². The number of rotatable bonds is 9. The van der Waals surface area contributed by atoms with Crippen LogP contribution in [0.1, 0.15) is 13.8 Å². The summed E-state index contributed by atoms with van der Waals surface area (Å²) in [5.74, 6) is 0.380. The molecule has 0 aliphatic carbocycles. The maximum absolute atomic E-state index is 13.6. The van der Waals surface area contributed by atoms with E-state index in [0.717, 1.165) is 6.08 Å². The van der Waals surface area contributed by atoms with Crippen molar-refractivity contribution >= 4 is 52.2 Å². The predicted molar refractivity (Wildman–Crippen MR) is 157 cm³/mol. The van der Waals surface area contributed by atoms with Gasteiger partial charge >= 0.3 is 0 Å². The second kappa shape index (κ2) is 11.6. The van der Waals surface area contributed by atoms with Gasteiger partial charge in [0, 0.05) is 24.5 Å². The molecule has 0 fully saturated rings. The Bertz CT molecular complexity index is 1500. The van der Waals surface area contributed by atoms with Gasteiger partial charge in [-0.2, -0.15) is 4.98 Å². The van der Waals surface area contributed by atoms with Crippen molar-refractivity contribution in [2.24, 2.45) is 0 Å². The predicted octanol–water partition coefficient (Wildman–Crippen LogP) is 3.71. The van der Waals surface area contributed by atoms with Crippen LogP contribution in [0.15, 0.2) is 61.3 Å². The van der Waals surface area contributed by atoms with Crippen molar-refractivity contribution < 1.29 is 23.9 Å². The van der Waals surface area contributed by atoms with E-state index in [4.69, 9.17) is 9.47 Å². The lowest BCUT2D eigenvalue weighted by Crippen LogP contribution is -2.51. The molecule has 4 rings (SSSR count). The zero-order valence-electron chi connectivity index (χ0n) is 23.9. The number of nitrogens with one attached hydrogen (secondary N) is 2. The second-order valence-corrected chi connectivity index (χ2v) is 10.1. The molecular weight excluding hydrogens is 526 g/mol. The van der Waals surface area contributed by atoms with Gasteiger partial charge in [-0.3, -0.25) is 19.3 Å². The number of aromatic nitrogens is 2. The summed E-state index contributed by atoms with van der Waals surface area (Å²) in [6, 6.07) is 12.1. The number of benzene rings is 2. The third kappa shape index (κ3) is 6.28. The third-order valence-corrected chi connectivity index (χ3v) is 6.23. The van der Waals surface area contributed by atoms with Crippen molar-refractivity contribution in [2.75, 3.05) is 55.2 Å². The molecule has 12 nitrogen and oxygen atoms in total. The lowest BCUT2D eigenvalue weighted by atomic mass is 10.0. The molecule has 1 aliphatic rings. The molecule has 214 valence electrons. The van der Waals surface area contributed by atoms with E-state index in [1.165, 1.54) is 18.2 Å². The Morgan fingerprint density at radius 2 is 1.93 bits per heavy atom. The number of anilines is 6. The average molecular weight is 560 g/mol. The maximum atomic E-state index is 13.6. The summed E-state index contributed by atoms with van der Waals surface area (Å²) in [5, 5.41) is 5.84. The number of likely N-dealkylation sites (N-methyl/N-ethyl adjacent to an activating group) is 2. The minimum Gasteiger partial charge on any atom is -0.494 e. The topological polar surface area (TPSA) is 129 Å². The monoisotopic (exact) mass is 559 g/mol. The Morgan fingerprint density at radius 3 is 2.61 bits per heavy atom. The van der Waals surface area contributed by atoms with Gasteiger partial charge < -0.3 is 29.9 Å². The van der Waals surface area contributed by atoms with Crippen LogP contribution in [0.3, 0.4) is 0 Å². The zero-order valence-corrected chi connectivity index (χ0v) is 23.9. The first-order valence-electron chi connectivity index (χ1n) is 12.7. The number of methoxy groups -OCH3 is 1. The van der Waals surface area contributed by atoms with Crippen LogP contribution in [0.5, 0.6) is 11.5 Å². The van der Waals surface area contributed by atoms with E-state index in [2.05, 4.69) is 27.2 Å². The normalized spacial score (nSPS) is 13.6. The van der Waals surface area contributed by atoms with Crippen LogP contribution < -0.4 is 29.9 Å². The molecule has 2 heterocycles. The number of carbonyl (C=O) groups excluding carboxylic acids is 3. The molecule has 0 saturated heterocycles. The average Bonchev–Trinajstić information content (AvgIpc) is 2.93. The van der Waals surface area contributed by atoms with Crippen molar-refractivity contribution in [2.45, 2.75) is 19.4 Å². The second-order valence-electron chi connectivity index (χ2n) is 10.1. The zero-order chi connectivity index (χ0) is 29.9. The quantitative estimate of drug-likeness (QED) is 0.377.